The van der Waals surface area contributed by atoms with Gasteiger partial charge in [-0.1, -0.05) is 26.8 Å². The molecule has 1 aromatic rings. The first-order chi connectivity index (χ1) is 9.93. The third kappa shape index (κ3) is 6.74. The molecule has 0 spiro atoms. The van der Waals surface area contributed by atoms with E-state index in [1.165, 1.54) is 0 Å². The van der Waals surface area contributed by atoms with Gasteiger partial charge in [-0.15, -0.1) is 0 Å². The third-order valence-electron chi connectivity index (χ3n) is 2.77. The predicted octanol–water partition coefficient (Wildman–Crippen LogP) is 0.909. The van der Waals surface area contributed by atoms with Crippen LogP contribution < -0.4 is 16.0 Å². The van der Waals surface area contributed by atoms with E-state index in [4.69, 9.17) is 0 Å². The minimum atomic E-state index is -0.362. The molecule has 21 heavy (non-hydrogen) atoms. The number of guanidine groups is 1. The van der Waals surface area contributed by atoms with Crippen molar-refractivity contribution in [2.45, 2.75) is 27.3 Å². The fraction of sp³-hybridized carbons (Fsp3) is 0.533. The lowest BCUT2D eigenvalue weighted by atomic mass is 9.96. The highest BCUT2D eigenvalue weighted by atomic mass is 16.2. The van der Waals surface area contributed by atoms with Gasteiger partial charge in [0.1, 0.15) is 0 Å². The van der Waals surface area contributed by atoms with Gasteiger partial charge in [0.2, 0.25) is 5.91 Å². The molecule has 0 aliphatic heterocycles. The van der Waals surface area contributed by atoms with Crippen molar-refractivity contribution in [1.29, 1.82) is 0 Å². The number of aromatic nitrogens is 1. The molecule has 1 rings (SSSR count). The maximum Gasteiger partial charge on any atom is 0.225 e. The summed E-state index contributed by atoms with van der Waals surface area (Å²) >= 11 is 0. The fourth-order valence-electron chi connectivity index (χ4n) is 1.52. The summed E-state index contributed by atoms with van der Waals surface area (Å²) in [6, 6.07) is 5.78. The molecule has 0 saturated heterocycles. The summed E-state index contributed by atoms with van der Waals surface area (Å²) in [4.78, 5) is 20.0. The molecular formula is C15H25N5O. The molecule has 1 heterocycles. The first-order valence-electron chi connectivity index (χ1n) is 7.06. The highest BCUT2D eigenvalue weighted by molar-refractivity contribution is 5.81. The van der Waals surface area contributed by atoms with Crippen LogP contribution in [0.3, 0.4) is 0 Å². The highest BCUT2D eigenvalue weighted by Gasteiger charge is 2.20. The molecule has 1 aromatic heterocycles. The summed E-state index contributed by atoms with van der Waals surface area (Å²) in [7, 11) is 1.71. The molecule has 0 aliphatic carbocycles. The average Bonchev–Trinajstić information content (AvgIpc) is 2.46. The van der Waals surface area contributed by atoms with Crippen LogP contribution in [0.25, 0.3) is 0 Å². The van der Waals surface area contributed by atoms with Gasteiger partial charge in [0.25, 0.3) is 0 Å². The lowest BCUT2D eigenvalue weighted by Crippen LogP contribution is -2.43. The smallest absolute Gasteiger partial charge is 0.225 e. The zero-order chi connectivity index (χ0) is 15.7. The summed E-state index contributed by atoms with van der Waals surface area (Å²) in [5, 5.41) is 9.19. The monoisotopic (exact) mass is 291 g/mol. The summed E-state index contributed by atoms with van der Waals surface area (Å²) in [6.07, 6.45) is 1.76. The van der Waals surface area contributed by atoms with Gasteiger partial charge in [-0.05, 0) is 12.1 Å². The van der Waals surface area contributed by atoms with Gasteiger partial charge in [-0.2, -0.15) is 0 Å². The van der Waals surface area contributed by atoms with E-state index >= 15 is 0 Å². The quantitative estimate of drug-likeness (QED) is 0.428. The van der Waals surface area contributed by atoms with E-state index in [-0.39, 0.29) is 11.3 Å². The fourth-order valence-corrected chi connectivity index (χ4v) is 1.52. The molecule has 6 nitrogen and oxygen atoms in total. The topological polar surface area (TPSA) is 78.4 Å². The second kappa shape index (κ2) is 8.24. The van der Waals surface area contributed by atoms with Crippen LogP contribution in [-0.4, -0.2) is 37.0 Å². The van der Waals surface area contributed by atoms with Crippen LogP contribution in [0.5, 0.6) is 0 Å². The first-order valence-corrected chi connectivity index (χ1v) is 7.06. The Labute approximate surface area is 126 Å². The summed E-state index contributed by atoms with van der Waals surface area (Å²) < 4.78 is 0. The van der Waals surface area contributed by atoms with Gasteiger partial charge in [-0.3, -0.25) is 14.8 Å². The lowest BCUT2D eigenvalue weighted by molar-refractivity contribution is -0.128. The van der Waals surface area contributed by atoms with Gasteiger partial charge >= 0.3 is 0 Å². The Morgan fingerprint density at radius 2 is 1.90 bits per heavy atom. The normalized spacial score (nSPS) is 11.9. The minimum absolute atomic E-state index is 0.0423. The van der Waals surface area contributed by atoms with E-state index in [0.29, 0.717) is 25.6 Å². The summed E-state index contributed by atoms with van der Waals surface area (Å²) in [5.41, 5.74) is 0.584. The molecule has 116 valence electrons. The largest absolute Gasteiger partial charge is 0.355 e. The van der Waals surface area contributed by atoms with Crippen molar-refractivity contribution in [3.63, 3.8) is 0 Å². The maximum absolute atomic E-state index is 11.7. The van der Waals surface area contributed by atoms with E-state index < -0.39 is 0 Å². The standard InChI is InChI=1S/C15H25N5O/c1-15(2,3)13(21)18-9-10-19-14(16-4)20-11-12-7-5-6-8-17-12/h5-8H,9-11H2,1-4H3,(H,18,21)(H2,16,19,20). The Kier molecular flexibility index (Phi) is 6.65. The van der Waals surface area contributed by atoms with E-state index in [2.05, 4.69) is 25.9 Å². The number of carbonyl (C=O) groups excluding carboxylic acids is 1. The summed E-state index contributed by atoms with van der Waals surface area (Å²) in [6.45, 7) is 7.45. The van der Waals surface area contributed by atoms with Crippen molar-refractivity contribution in [2.75, 3.05) is 20.1 Å². The Morgan fingerprint density at radius 1 is 1.19 bits per heavy atom. The number of rotatable bonds is 5. The molecule has 0 aliphatic rings. The van der Waals surface area contributed by atoms with Crippen molar-refractivity contribution < 1.29 is 4.79 Å². The molecule has 3 N–H and O–H groups in total. The number of aliphatic imine (C=N–C) groups is 1. The van der Waals surface area contributed by atoms with Crippen molar-refractivity contribution >= 4 is 11.9 Å². The molecule has 0 fully saturated rings. The second-order valence-corrected chi connectivity index (χ2v) is 5.68. The van der Waals surface area contributed by atoms with Crippen molar-refractivity contribution in [3.05, 3.63) is 30.1 Å². The van der Waals surface area contributed by atoms with Crippen LogP contribution in [0.1, 0.15) is 26.5 Å². The number of hydrogen-bond acceptors (Lipinski definition) is 3. The Morgan fingerprint density at radius 3 is 2.48 bits per heavy atom. The number of pyridine rings is 1. The van der Waals surface area contributed by atoms with Crippen LogP contribution in [0, 0.1) is 5.41 Å². The zero-order valence-corrected chi connectivity index (χ0v) is 13.2. The van der Waals surface area contributed by atoms with Crippen LogP contribution in [0.2, 0.25) is 0 Å². The maximum atomic E-state index is 11.7. The van der Waals surface area contributed by atoms with E-state index in [0.717, 1.165) is 5.69 Å². The van der Waals surface area contributed by atoms with E-state index in [1.807, 2.05) is 39.0 Å². The lowest BCUT2D eigenvalue weighted by Gasteiger charge is -2.18. The van der Waals surface area contributed by atoms with Crippen LogP contribution in [0.15, 0.2) is 29.4 Å². The van der Waals surface area contributed by atoms with Gasteiger partial charge in [0, 0.05) is 31.7 Å². The SMILES string of the molecule is CN=C(NCCNC(=O)C(C)(C)C)NCc1ccccn1. The van der Waals surface area contributed by atoms with Crippen molar-refractivity contribution in [3.8, 4) is 0 Å². The molecule has 1 amide bonds. The van der Waals surface area contributed by atoms with Crippen LogP contribution >= 0.6 is 0 Å². The number of hydrogen-bond donors (Lipinski definition) is 3. The Balaban J connectivity index is 2.25. The second-order valence-electron chi connectivity index (χ2n) is 5.68. The first kappa shape index (κ1) is 16.9. The predicted molar refractivity (Wildman–Crippen MR) is 84.9 cm³/mol. The van der Waals surface area contributed by atoms with Gasteiger partial charge in [0.05, 0.1) is 12.2 Å². The van der Waals surface area contributed by atoms with Crippen LogP contribution in [0.4, 0.5) is 0 Å². The molecule has 6 heteroatoms. The van der Waals surface area contributed by atoms with Gasteiger partial charge in [0.15, 0.2) is 5.96 Å². The molecule has 0 aromatic carbocycles. The van der Waals surface area contributed by atoms with Crippen molar-refractivity contribution in [2.24, 2.45) is 10.4 Å². The van der Waals surface area contributed by atoms with Crippen molar-refractivity contribution in [1.82, 2.24) is 20.9 Å². The number of carbonyl (C=O) groups is 1. The van der Waals surface area contributed by atoms with Gasteiger partial charge < -0.3 is 16.0 Å². The molecule has 0 saturated carbocycles. The minimum Gasteiger partial charge on any atom is -0.355 e. The third-order valence-corrected chi connectivity index (χ3v) is 2.77. The molecule has 0 radical (unpaired) electrons. The zero-order valence-electron chi connectivity index (χ0n) is 13.2. The van der Waals surface area contributed by atoms with Crippen LogP contribution in [-0.2, 0) is 11.3 Å². The highest BCUT2D eigenvalue weighted by Crippen LogP contribution is 2.11. The molecule has 0 unspecified atom stereocenters. The Hall–Kier alpha value is -2.11. The van der Waals surface area contributed by atoms with E-state index in [9.17, 15) is 4.79 Å². The summed E-state index contributed by atoms with van der Waals surface area (Å²) in [5.74, 6) is 0.728. The number of nitrogens with zero attached hydrogens (tertiary/aromatic N) is 2. The number of amides is 1. The Bertz CT molecular complexity index is 465. The number of nitrogens with one attached hydrogen (secondary N) is 3. The molecular weight excluding hydrogens is 266 g/mol. The van der Waals surface area contributed by atoms with E-state index in [1.54, 1.807) is 13.2 Å². The average molecular weight is 291 g/mol. The molecule has 0 atom stereocenters. The molecule has 0 bridgehead atoms. The van der Waals surface area contributed by atoms with Gasteiger partial charge in [-0.25, -0.2) is 0 Å².